The van der Waals surface area contributed by atoms with Crippen molar-refractivity contribution in [3.8, 4) is 0 Å². The molecule has 3 saturated carbocycles. The number of fused-ring (bicyclic) bond motifs is 1. The second kappa shape index (κ2) is 1.92. The summed E-state index contributed by atoms with van der Waals surface area (Å²) in [6, 6.07) is 0. The summed E-state index contributed by atoms with van der Waals surface area (Å²) in [7, 11) is 1.47. The van der Waals surface area contributed by atoms with Crippen LogP contribution in [0.2, 0.25) is 0 Å². The molecule has 0 radical (unpaired) electrons. The molecule has 3 fully saturated rings. The van der Waals surface area contributed by atoms with E-state index in [1.807, 2.05) is 0 Å². The SMILES string of the molecule is COC(=O)C1CC2(C3(N)CC3)CC12. The van der Waals surface area contributed by atoms with Crippen LogP contribution in [0.5, 0.6) is 0 Å². The Hall–Kier alpha value is -0.570. The maximum atomic E-state index is 11.3. The average molecular weight is 181 g/mol. The van der Waals surface area contributed by atoms with Crippen molar-refractivity contribution in [2.45, 2.75) is 31.2 Å². The normalized spacial score (nSPS) is 48.8. The lowest BCUT2D eigenvalue weighted by atomic mass is 9.69. The highest BCUT2D eigenvalue weighted by molar-refractivity contribution is 5.76. The van der Waals surface area contributed by atoms with Gasteiger partial charge in [0.15, 0.2) is 0 Å². The zero-order valence-corrected chi connectivity index (χ0v) is 7.88. The maximum absolute atomic E-state index is 11.3. The van der Waals surface area contributed by atoms with Gasteiger partial charge in [-0.25, -0.2) is 0 Å². The number of methoxy groups -OCH3 is 1. The second-order valence-electron chi connectivity index (χ2n) is 4.96. The van der Waals surface area contributed by atoms with Gasteiger partial charge in [-0.3, -0.25) is 4.79 Å². The van der Waals surface area contributed by atoms with E-state index in [1.165, 1.54) is 13.5 Å². The first-order valence-corrected chi connectivity index (χ1v) is 5.00. The fraction of sp³-hybridized carbons (Fsp3) is 0.900. The van der Waals surface area contributed by atoms with Crippen LogP contribution in [0.15, 0.2) is 0 Å². The van der Waals surface area contributed by atoms with Gasteiger partial charge < -0.3 is 10.5 Å². The van der Waals surface area contributed by atoms with Gasteiger partial charge in [0.2, 0.25) is 0 Å². The monoisotopic (exact) mass is 181 g/mol. The highest BCUT2D eigenvalue weighted by Gasteiger charge is 2.78. The first-order chi connectivity index (χ1) is 6.13. The molecule has 3 aliphatic carbocycles. The molecule has 0 bridgehead atoms. The Morgan fingerprint density at radius 2 is 2.15 bits per heavy atom. The van der Waals surface area contributed by atoms with Crippen LogP contribution in [0.4, 0.5) is 0 Å². The Bertz CT molecular complexity index is 285. The third kappa shape index (κ3) is 0.725. The largest absolute Gasteiger partial charge is 0.469 e. The van der Waals surface area contributed by atoms with Crippen molar-refractivity contribution >= 4 is 5.97 Å². The van der Waals surface area contributed by atoms with Gasteiger partial charge in [0.1, 0.15) is 0 Å². The molecule has 0 amide bonds. The first-order valence-electron chi connectivity index (χ1n) is 5.00. The summed E-state index contributed by atoms with van der Waals surface area (Å²) in [5, 5.41) is 0. The van der Waals surface area contributed by atoms with E-state index < -0.39 is 0 Å². The van der Waals surface area contributed by atoms with E-state index in [0.717, 1.165) is 19.3 Å². The number of carbonyl (C=O) groups is 1. The van der Waals surface area contributed by atoms with Crippen molar-refractivity contribution in [3.63, 3.8) is 0 Å². The van der Waals surface area contributed by atoms with Crippen LogP contribution >= 0.6 is 0 Å². The Morgan fingerprint density at radius 1 is 1.46 bits per heavy atom. The number of nitrogens with two attached hydrogens (primary N) is 1. The molecule has 72 valence electrons. The molecule has 13 heavy (non-hydrogen) atoms. The van der Waals surface area contributed by atoms with Crippen LogP contribution in [-0.2, 0) is 9.53 Å². The summed E-state index contributed by atoms with van der Waals surface area (Å²) in [5.41, 5.74) is 6.66. The molecule has 3 nitrogen and oxygen atoms in total. The minimum Gasteiger partial charge on any atom is -0.469 e. The van der Waals surface area contributed by atoms with Gasteiger partial charge in [-0.1, -0.05) is 0 Å². The van der Waals surface area contributed by atoms with E-state index >= 15 is 0 Å². The van der Waals surface area contributed by atoms with Crippen LogP contribution in [0.3, 0.4) is 0 Å². The predicted molar refractivity (Wildman–Crippen MR) is 46.8 cm³/mol. The topological polar surface area (TPSA) is 52.3 Å². The van der Waals surface area contributed by atoms with Gasteiger partial charge in [-0.2, -0.15) is 0 Å². The third-order valence-corrected chi connectivity index (χ3v) is 4.49. The average Bonchev–Trinajstić information content (AvgIpc) is 2.93. The first kappa shape index (κ1) is 7.80. The van der Waals surface area contributed by atoms with Gasteiger partial charge in [-0.15, -0.1) is 0 Å². The van der Waals surface area contributed by atoms with Gasteiger partial charge in [0.05, 0.1) is 13.0 Å². The molecule has 3 rings (SSSR count). The van der Waals surface area contributed by atoms with Gasteiger partial charge in [0, 0.05) is 5.54 Å². The lowest BCUT2D eigenvalue weighted by Crippen LogP contribution is -2.46. The molecule has 0 aromatic carbocycles. The van der Waals surface area contributed by atoms with Gasteiger partial charge in [-0.05, 0) is 37.0 Å². The van der Waals surface area contributed by atoms with Crippen molar-refractivity contribution < 1.29 is 9.53 Å². The fourth-order valence-corrected chi connectivity index (χ4v) is 3.28. The van der Waals surface area contributed by atoms with Crippen LogP contribution in [0.1, 0.15) is 25.7 Å². The van der Waals surface area contributed by atoms with Crippen molar-refractivity contribution in [3.05, 3.63) is 0 Å². The van der Waals surface area contributed by atoms with Gasteiger partial charge >= 0.3 is 5.97 Å². The van der Waals surface area contributed by atoms with Crippen molar-refractivity contribution in [1.82, 2.24) is 0 Å². The summed E-state index contributed by atoms with van der Waals surface area (Å²) >= 11 is 0. The van der Waals surface area contributed by atoms with E-state index in [-0.39, 0.29) is 17.4 Å². The fourth-order valence-electron chi connectivity index (χ4n) is 3.28. The summed E-state index contributed by atoms with van der Waals surface area (Å²) in [6.45, 7) is 0. The molecular formula is C10H15NO2. The van der Waals surface area contributed by atoms with Crippen LogP contribution in [0.25, 0.3) is 0 Å². The third-order valence-electron chi connectivity index (χ3n) is 4.49. The molecule has 0 heterocycles. The van der Waals surface area contributed by atoms with Crippen molar-refractivity contribution in [2.75, 3.05) is 7.11 Å². The highest BCUT2D eigenvalue weighted by Crippen LogP contribution is 2.79. The summed E-state index contributed by atoms with van der Waals surface area (Å²) in [4.78, 5) is 11.3. The summed E-state index contributed by atoms with van der Waals surface area (Å²) in [6.07, 6.45) is 4.49. The molecule has 0 saturated heterocycles. The van der Waals surface area contributed by atoms with E-state index in [0.29, 0.717) is 11.3 Å². The van der Waals surface area contributed by atoms with Gasteiger partial charge in [0.25, 0.3) is 0 Å². The summed E-state index contributed by atoms with van der Waals surface area (Å²) < 4.78 is 4.75. The smallest absolute Gasteiger partial charge is 0.308 e. The number of ether oxygens (including phenoxy) is 1. The number of esters is 1. The lowest BCUT2D eigenvalue weighted by molar-refractivity contribution is -0.151. The van der Waals surface area contributed by atoms with Crippen LogP contribution < -0.4 is 5.73 Å². The molecular weight excluding hydrogens is 166 g/mol. The van der Waals surface area contributed by atoms with E-state index in [4.69, 9.17) is 10.5 Å². The van der Waals surface area contributed by atoms with Crippen LogP contribution in [0, 0.1) is 17.3 Å². The maximum Gasteiger partial charge on any atom is 0.308 e. The molecule has 3 aliphatic rings. The zero-order valence-electron chi connectivity index (χ0n) is 7.88. The van der Waals surface area contributed by atoms with E-state index in [2.05, 4.69) is 0 Å². The van der Waals surface area contributed by atoms with E-state index in [1.54, 1.807) is 0 Å². The standard InChI is InChI=1S/C10H15NO2/c1-13-8(12)6-4-9(5-7(6)9)10(11)2-3-10/h6-7H,2-5,11H2,1H3. The molecule has 0 aromatic heterocycles. The minimum atomic E-state index is -0.0256. The number of carbonyl (C=O) groups excluding carboxylic acids is 1. The Morgan fingerprint density at radius 3 is 2.62 bits per heavy atom. The quantitative estimate of drug-likeness (QED) is 0.637. The molecule has 3 heteroatoms. The van der Waals surface area contributed by atoms with Crippen LogP contribution in [-0.4, -0.2) is 18.6 Å². The zero-order chi connectivity index (χ0) is 9.27. The molecule has 0 spiro atoms. The minimum absolute atomic E-state index is 0.0256. The number of hydrogen-bond donors (Lipinski definition) is 1. The molecule has 2 N–H and O–H groups in total. The Balaban J connectivity index is 1.71. The molecule has 0 aliphatic heterocycles. The number of rotatable bonds is 2. The second-order valence-corrected chi connectivity index (χ2v) is 4.96. The Labute approximate surface area is 77.6 Å². The predicted octanol–water partition coefficient (Wildman–Crippen LogP) is 0.677. The van der Waals surface area contributed by atoms with E-state index in [9.17, 15) is 4.79 Å². The Kier molecular flexibility index (Phi) is 1.15. The molecule has 0 aromatic rings. The van der Waals surface area contributed by atoms with Crippen molar-refractivity contribution in [1.29, 1.82) is 0 Å². The lowest BCUT2D eigenvalue weighted by Gasteiger charge is -2.37. The number of hydrogen-bond acceptors (Lipinski definition) is 3. The molecule has 3 atom stereocenters. The summed E-state index contributed by atoms with van der Waals surface area (Å²) in [5.74, 6) is 0.709. The molecule has 3 unspecified atom stereocenters. The van der Waals surface area contributed by atoms with Crippen molar-refractivity contribution in [2.24, 2.45) is 23.0 Å². The highest BCUT2D eigenvalue weighted by atomic mass is 16.5.